The molecule has 0 aromatic carbocycles. The summed E-state index contributed by atoms with van der Waals surface area (Å²) in [6.45, 7) is 9.20. The van der Waals surface area contributed by atoms with Crippen LogP contribution < -0.4 is 0 Å². The van der Waals surface area contributed by atoms with Gasteiger partial charge in [0.15, 0.2) is 6.29 Å². The van der Waals surface area contributed by atoms with Gasteiger partial charge in [-0.05, 0) is 61.3 Å². The molecular formula is C33H52O14. The molecule has 14 nitrogen and oxygen atoms in total. The molecule has 0 aromatic rings. The minimum absolute atomic E-state index is 0.00232. The van der Waals surface area contributed by atoms with E-state index in [9.17, 15) is 56.2 Å². The van der Waals surface area contributed by atoms with Gasteiger partial charge in [-0.15, -0.1) is 0 Å². The minimum Gasteiger partial charge on any atom is -0.494 e. The maximum Gasteiger partial charge on any atom is 0.187 e. The second-order valence-electron chi connectivity index (χ2n) is 15.5. The van der Waals surface area contributed by atoms with Gasteiger partial charge in [0.1, 0.15) is 60.5 Å². The summed E-state index contributed by atoms with van der Waals surface area (Å²) in [6.07, 6.45) is -15.0. The smallest absolute Gasteiger partial charge is 0.187 e. The van der Waals surface area contributed by atoms with Gasteiger partial charge >= 0.3 is 0 Å². The van der Waals surface area contributed by atoms with Crippen molar-refractivity contribution in [3.8, 4) is 0 Å². The molecule has 47 heavy (non-hydrogen) atoms. The largest absolute Gasteiger partial charge is 0.494 e. The lowest BCUT2D eigenvalue weighted by Gasteiger charge is -2.69. The Bertz CT molecular complexity index is 1240. The molecule has 6 aliphatic rings. The summed E-state index contributed by atoms with van der Waals surface area (Å²) in [4.78, 5) is 0. The second kappa shape index (κ2) is 12.2. The first-order valence-corrected chi connectivity index (χ1v) is 16.7. The Hall–Kier alpha value is -1.24. The molecule has 4 saturated carbocycles. The van der Waals surface area contributed by atoms with Gasteiger partial charge in [0, 0.05) is 17.8 Å². The molecule has 2 aliphatic heterocycles. The average Bonchev–Trinajstić information content (AvgIpc) is 3.53. The fourth-order valence-corrected chi connectivity index (χ4v) is 10.8. The molecular weight excluding hydrogens is 620 g/mol. The van der Waals surface area contributed by atoms with Gasteiger partial charge in [0.25, 0.3) is 0 Å². The molecule has 5 fully saturated rings. The number of aliphatic hydroxyl groups is 11. The lowest BCUT2D eigenvalue weighted by Crippen LogP contribution is -2.83. The van der Waals surface area contributed by atoms with E-state index >= 15 is 0 Å². The molecule has 0 unspecified atom stereocenters. The average molecular weight is 673 g/mol. The number of ether oxygens (including phenoxy) is 3. The topological polar surface area (TPSA) is 250 Å². The Balaban J connectivity index is 1.15. The van der Waals surface area contributed by atoms with Crippen LogP contribution in [0.15, 0.2) is 23.5 Å². The second-order valence-corrected chi connectivity index (χ2v) is 15.5. The first kappa shape index (κ1) is 35.6. The highest BCUT2D eigenvalue weighted by atomic mass is 16.7. The van der Waals surface area contributed by atoms with Crippen molar-refractivity contribution in [3.05, 3.63) is 23.5 Å². The van der Waals surface area contributed by atoms with Crippen LogP contribution in [0.5, 0.6) is 0 Å². The molecule has 0 aromatic heterocycles. The number of aliphatic hydroxyl groups excluding tert-OH is 10. The van der Waals surface area contributed by atoms with Crippen molar-refractivity contribution in [1.82, 2.24) is 0 Å². The normalized spacial score (nSPS) is 55.5. The zero-order valence-corrected chi connectivity index (χ0v) is 27.0. The Morgan fingerprint density at radius 3 is 2.17 bits per heavy atom. The maximum atomic E-state index is 11.8. The van der Waals surface area contributed by atoms with Crippen LogP contribution in [-0.2, 0) is 14.2 Å². The summed E-state index contributed by atoms with van der Waals surface area (Å²) >= 11 is 0. The summed E-state index contributed by atoms with van der Waals surface area (Å²) in [6, 6.07) is 0. The van der Waals surface area contributed by atoms with Crippen LogP contribution in [0, 0.1) is 34.5 Å². The third kappa shape index (κ3) is 4.86. The van der Waals surface area contributed by atoms with Crippen molar-refractivity contribution in [2.75, 3.05) is 13.2 Å². The van der Waals surface area contributed by atoms with Gasteiger partial charge in [0.05, 0.1) is 31.2 Å². The highest BCUT2D eigenvalue weighted by molar-refractivity contribution is 5.30. The highest BCUT2D eigenvalue weighted by Crippen LogP contribution is 2.70. The molecule has 4 aliphatic carbocycles. The van der Waals surface area contributed by atoms with Crippen molar-refractivity contribution in [3.63, 3.8) is 0 Å². The number of allylic oxidation sites excluding steroid dienone is 1. The Morgan fingerprint density at radius 1 is 0.872 bits per heavy atom. The summed E-state index contributed by atoms with van der Waals surface area (Å²) < 4.78 is 17.5. The van der Waals surface area contributed by atoms with Gasteiger partial charge in [0.2, 0.25) is 0 Å². The van der Waals surface area contributed by atoms with Crippen LogP contribution in [0.1, 0.15) is 52.9 Å². The lowest BCUT2D eigenvalue weighted by atomic mass is 9.40. The lowest BCUT2D eigenvalue weighted by molar-refractivity contribution is -0.367. The van der Waals surface area contributed by atoms with Gasteiger partial charge in [-0.3, -0.25) is 0 Å². The van der Waals surface area contributed by atoms with Crippen molar-refractivity contribution in [1.29, 1.82) is 0 Å². The van der Waals surface area contributed by atoms with Crippen LogP contribution in [0.2, 0.25) is 0 Å². The van der Waals surface area contributed by atoms with E-state index in [2.05, 4.69) is 13.5 Å². The monoisotopic (exact) mass is 672 g/mol. The first-order valence-electron chi connectivity index (χ1n) is 16.7. The van der Waals surface area contributed by atoms with E-state index < -0.39 is 96.8 Å². The van der Waals surface area contributed by atoms with Crippen molar-refractivity contribution in [2.45, 2.75) is 132 Å². The molecule has 11 N–H and O–H groups in total. The van der Waals surface area contributed by atoms with Crippen LogP contribution in [0.25, 0.3) is 0 Å². The molecule has 1 saturated heterocycles. The standard InChI is InChI=1S/C33H52O14/c1-12(11-45-30-26(40)23(37)21(35)18(10-34)47-30)5-6-16-13(2)20-17(46-16)9-15-19-14(7-8-31(15,20)3)32(4)27(41)24(38)25(39)29(43)33(32,44)28(42)22(19)36/h14-15,17-30,34-44H,1,5-11H2,2-4H3/t14-,15-,17-,18+,19+,20-,21+,22-,23-,24+,25-,26+,27+,28+,29-,30+,31-,32-,33-/m0/s1. The predicted octanol–water partition coefficient (Wildman–Crippen LogP) is -2.59. The van der Waals surface area contributed by atoms with Crippen LogP contribution in [0.4, 0.5) is 0 Å². The third-order valence-corrected chi connectivity index (χ3v) is 13.4. The Kier molecular flexibility index (Phi) is 9.25. The molecule has 0 bridgehead atoms. The quantitative estimate of drug-likeness (QED) is 0.124. The zero-order valence-electron chi connectivity index (χ0n) is 27.0. The molecule has 0 amide bonds. The Morgan fingerprint density at radius 2 is 1.51 bits per heavy atom. The van der Waals surface area contributed by atoms with Gasteiger partial charge in [-0.25, -0.2) is 0 Å². The molecule has 2 heterocycles. The number of hydrogen-bond acceptors (Lipinski definition) is 14. The van der Waals surface area contributed by atoms with E-state index in [0.29, 0.717) is 37.7 Å². The minimum atomic E-state index is -2.46. The summed E-state index contributed by atoms with van der Waals surface area (Å²) in [5.41, 5.74) is -2.69. The SMILES string of the molecule is C=C(CCC1=C(C)[C@H]2[C@H](C[C@H]3[C@@H]4[C@H](O)[C@@H](O)[C@]5(O)[C@@H](O)[C@@H](O)[C@@H](O)[C@@H](O)[C@]5(C)[C@H]4CC[C@@]32C)O1)CO[C@@H]1O[C@H](CO)[C@@H](O)[C@H](O)[C@H]1O. The molecule has 268 valence electrons. The molecule has 0 spiro atoms. The summed E-state index contributed by atoms with van der Waals surface area (Å²) in [5.74, 6) is -0.499. The van der Waals surface area contributed by atoms with E-state index in [-0.39, 0.29) is 30.0 Å². The third-order valence-electron chi connectivity index (χ3n) is 13.4. The molecule has 0 radical (unpaired) electrons. The molecule has 14 heteroatoms. The molecule has 19 atom stereocenters. The van der Waals surface area contributed by atoms with Crippen LogP contribution >= 0.6 is 0 Å². The zero-order chi connectivity index (χ0) is 34.5. The summed E-state index contributed by atoms with van der Waals surface area (Å²) in [7, 11) is 0. The van der Waals surface area contributed by atoms with E-state index in [0.717, 1.165) is 11.3 Å². The van der Waals surface area contributed by atoms with Gasteiger partial charge < -0.3 is 70.4 Å². The van der Waals surface area contributed by atoms with E-state index in [4.69, 9.17) is 14.2 Å². The van der Waals surface area contributed by atoms with Gasteiger partial charge in [-0.1, -0.05) is 26.0 Å². The first-order chi connectivity index (χ1) is 22.0. The predicted molar refractivity (Wildman–Crippen MR) is 161 cm³/mol. The molecule has 6 rings (SSSR count). The number of hydrogen-bond donors (Lipinski definition) is 11. The number of fused-ring (bicyclic) bond motifs is 7. The van der Waals surface area contributed by atoms with Crippen LogP contribution in [0.3, 0.4) is 0 Å². The Labute approximate surface area is 273 Å². The van der Waals surface area contributed by atoms with E-state index in [1.54, 1.807) is 0 Å². The van der Waals surface area contributed by atoms with Crippen LogP contribution in [-0.4, -0.2) is 148 Å². The van der Waals surface area contributed by atoms with Crippen molar-refractivity contribution in [2.24, 2.45) is 34.5 Å². The summed E-state index contributed by atoms with van der Waals surface area (Å²) in [5, 5.41) is 118. The fourth-order valence-electron chi connectivity index (χ4n) is 10.8. The van der Waals surface area contributed by atoms with Crippen molar-refractivity contribution >= 4 is 0 Å². The number of rotatable bonds is 7. The fraction of sp³-hybridized carbons (Fsp3) is 0.879. The highest BCUT2D eigenvalue weighted by Gasteiger charge is 2.77. The van der Waals surface area contributed by atoms with Crippen molar-refractivity contribution < 1.29 is 70.4 Å². The van der Waals surface area contributed by atoms with Gasteiger partial charge in [-0.2, -0.15) is 0 Å². The van der Waals surface area contributed by atoms with E-state index in [1.807, 2.05) is 6.92 Å². The maximum absolute atomic E-state index is 11.8. The van der Waals surface area contributed by atoms with E-state index in [1.165, 1.54) is 6.92 Å².